The van der Waals surface area contributed by atoms with Gasteiger partial charge >= 0.3 is 0 Å². The summed E-state index contributed by atoms with van der Waals surface area (Å²) in [5.74, 6) is 1.03. The van der Waals surface area contributed by atoms with Crippen molar-refractivity contribution in [1.82, 2.24) is 20.2 Å². The van der Waals surface area contributed by atoms with Crippen LogP contribution in [0.15, 0.2) is 58.2 Å². The summed E-state index contributed by atoms with van der Waals surface area (Å²) in [5, 5.41) is 12.2. The Labute approximate surface area is 151 Å². The molecule has 0 aliphatic rings. The van der Waals surface area contributed by atoms with Crippen molar-refractivity contribution in [3.63, 3.8) is 0 Å². The first-order valence-corrected chi connectivity index (χ1v) is 8.79. The van der Waals surface area contributed by atoms with Crippen LogP contribution in [0.4, 0.5) is 0 Å². The largest absolute Gasteiger partial charge is 0.497 e. The number of carbonyl (C=O) groups excluding carboxylic acids is 1. The van der Waals surface area contributed by atoms with Gasteiger partial charge in [-0.25, -0.2) is 0 Å². The summed E-state index contributed by atoms with van der Waals surface area (Å²) >= 11 is 4.67. The van der Waals surface area contributed by atoms with Gasteiger partial charge in [0.25, 0.3) is 0 Å². The van der Waals surface area contributed by atoms with Crippen molar-refractivity contribution in [2.75, 3.05) is 12.9 Å². The normalized spacial score (nSPS) is 10.6. The maximum Gasteiger partial charge on any atom is 0.214 e. The lowest BCUT2D eigenvalue weighted by Crippen LogP contribution is -2.05. The van der Waals surface area contributed by atoms with E-state index in [1.807, 2.05) is 36.4 Å². The molecule has 2 aromatic carbocycles. The van der Waals surface area contributed by atoms with Crippen LogP contribution in [0.25, 0.3) is 5.69 Å². The van der Waals surface area contributed by atoms with E-state index in [-0.39, 0.29) is 11.5 Å². The molecule has 0 spiro atoms. The average Bonchev–Trinajstić information content (AvgIpc) is 3.08. The summed E-state index contributed by atoms with van der Waals surface area (Å²) < 4.78 is 7.61. The fourth-order valence-corrected chi connectivity index (χ4v) is 3.21. The Morgan fingerprint density at radius 2 is 2.04 bits per heavy atom. The number of hydrogen-bond donors (Lipinski definition) is 0. The highest BCUT2D eigenvalue weighted by Gasteiger charge is 2.13. The van der Waals surface area contributed by atoms with E-state index in [0.29, 0.717) is 10.7 Å². The number of carbonyl (C=O) groups is 1. The number of ether oxygens (including phenoxy) is 1. The zero-order valence-electron chi connectivity index (χ0n) is 12.7. The Morgan fingerprint density at radius 3 is 2.75 bits per heavy atom. The first-order chi connectivity index (χ1) is 11.7. The van der Waals surface area contributed by atoms with Gasteiger partial charge in [-0.3, -0.25) is 4.79 Å². The highest BCUT2D eigenvalue weighted by atomic mass is 79.9. The molecule has 0 saturated heterocycles. The van der Waals surface area contributed by atoms with Crippen molar-refractivity contribution in [1.29, 1.82) is 0 Å². The number of benzene rings is 2. The molecule has 3 aromatic rings. The monoisotopic (exact) mass is 404 g/mol. The van der Waals surface area contributed by atoms with Crippen LogP contribution in [-0.2, 0) is 0 Å². The van der Waals surface area contributed by atoms with Crippen LogP contribution in [0.5, 0.6) is 5.75 Å². The molecule has 0 aliphatic heterocycles. The molecule has 0 bridgehead atoms. The summed E-state index contributed by atoms with van der Waals surface area (Å²) in [6.07, 6.45) is 0. The molecule has 0 unspecified atom stereocenters. The minimum absolute atomic E-state index is 0.0191. The van der Waals surface area contributed by atoms with E-state index in [2.05, 4.69) is 31.5 Å². The van der Waals surface area contributed by atoms with Crippen LogP contribution in [0, 0.1) is 0 Å². The number of hydrogen-bond acceptors (Lipinski definition) is 6. The zero-order chi connectivity index (χ0) is 16.9. The number of methoxy groups -OCH3 is 1. The summed E-state index contributed by atoms with van der Waals surface area (Å²) in [5.41, 5.74) is 1.46. The fourth-order valence-electron chi connectivity index (χ4n) is 2.03. The molecule has 0 atom stereocenters. The van der Waals surface area contributed by atoms with E-state index in [1.54, 1.807) is 23.9 Å². The molecule has 8 heteroatoms. The first-order valence-electron chi connectivity index (χ1n) is 7.02. The van der Waals surface area contributed by atoms with E-state index in [0.717, 1.165) is 15.9 Å². The van der Waals surface area contributed by atoms with Crippen molar-refractivity contribution in [3.05, 3.63) is 58.6 Å². The highest BCUT2D eigenvalue weighted by Crippen LogP contribution is 2.22. The lowest BCUT2D eigenvalue weighted by Gasteiger charge is -2.05. The van der Waals surface area contributed by atoms with E-state index < -0.39 is 0 Å². The van der Waals surface area contributed by atoms with Gasteiger partial charge in [-0.15, -0.1) is 5.10 Å². The Morgan fingerprint density at radius 1 is 1.25 bits per heavy atom. The summed E-state index contributed by atoms with van der Waals surface area (Å²) in [6.45, 7) is 0. The van der Waals surface area contributed by atoms with Gasteiger partial charge in [0.05, 0.1) is 18.6 Å². The molecule has 0 radical (unpaired) electrons. The maximum atomic E-state index is 12.3. The molecule has 1 aromatic heterocycles. The van der Waals surface area contributed by atoms with Crippen molar-refractivity contribution in [2.24, 2.45) is 0 Å². The van der Waals surface area contributed by atoms with Crippen LogP contribution in [-0.4, -0.2) is 38.9 Å². The minimum Gasteiger partial charge on any atom is -0.497 e. The van der Waals surface area contributed by atoms with E-state index in [1.165, 1.54) is 11.8 Å². The van der Waals surface area contributed by atoms with Crippen LogP contribution >= 0.6 is 27.7 Å². The Balaban J connectivity index is 1.72. The van der Waals surface area contributed by atoms with E-state index in [4.69, 9.17) is 4.74 Å². The molecule has 0 N–H and O–H groups in total. The van der Waals surface area contributed by atoms with Gasteiger partial charge in [0.15, 0.2) is 5.78 Å². The van der Waals surface area contributed by atoms with Gasteiger partial charge in [0.2, 0.25) is 5.16 Å². The van der Waals surface area contributed by atoms with Gasteiger partial charge in [0, 0.05) is 10.0 Å². The molecule has 0 fully saturated rings. The van der Waals surface area contributed by atoms with Crippen molar-refractivity contribution >= 4 is 33.5 Å². The quantitative estimate of drug-likeness (QED) is 0.463. The van der Waals surface area contributed by atoms with Gasteiger partial charge in [-0.05, 0) is 46.8 Å². The molecular formula is C16H13BrN4O2S. The molecule has 0 amide bonds. The van der Waals surface area contributed by atoms with Crippen LogP contribution in [0.3, 0.4) is 0 Å². The molecule has 3 rings (SSSR count). The number of nitrogens with zero attached hydrogens (tertiary/aromatic N) is 4. The summed E-state index contributed by atoms with van der Waals surface area (Å²) in [7, 11) is 1.61. The lowest BCUT2D eigenvalue weighted by molar-refractivity contribution is 0.102. The number of tetrazole rings is 1. The predicted octanol–water partition coefficient (Wildman–Crippen LogP) is 3.41. The molecular weight excluding hydrogens is 392 g/mol. The smallest absolute Gasteiger partial charge is 0.214 e. The number of halogens is 1. The topological polar surface area (TPSA) is 69.9 Å². The first kappa shape index (κ1) is 16.7. The number of rotatable bonds is 6. The number of aromatic nitrogens is 4. The Hall–Kier alpha value is -2.19. The van der Waals surface area contributed by atoms with Crippen LogP contribution in [0.1, 0.15) is 10.4 Å². The van der Waals surface area contributed by atoms with Crippen LogP contribution in [0.2, 0.25) is 0 Å². The summed E-state index contributed by atoms with van der Waals surface area (Å²) in [4.78, 5) is 12.3. The van der Waals surface area contributed by atoms with Crippen molar-refractivity contribution in [2.45, 2.75) is 5.16 Å². The second-order valence-electron chi connectivity index (χ2n) is 4.79. The van der Waals surface area contributed by atoms with Crippen molar-refractivity contribution < 1.29 is 9.53 Å². The Kier molecular flexibility index (Phi) is 5.27. The van der Waals surface area contributed by atoms with Gasteiger partial charge in [0.1, 0.15) is 5.75 Å². The fraction of sp³-hybridized carbons (Fsp3) is 0.125. The van der Waals surface area contributed by atoms with Gasteiger partial charge in [-0.1, -0.05) is 39.8 Å². The number of thioether (sulfide) groups is 1. The standard InChI is InChI=1S/C16H13BrN4O2S/c1-23-14-7-5-13(6-8-14)21-16(18-19-20-21)24-10-15(22)11-3-2-4-12(17)9-11/h2-9H,10H2,1H3. The SMILES string of the molecule is COc1ccc(-n2nnnc2SCC(=O)c2cccc(Br)c2)cc1. The number of ketones is 1. The van der Waals surface area contributed by atoms with Gasteiger partial charge in [-0.2, -0.15) is 4.68 Å². The predicted molar refractivity (Wildman–Crippen MR) is 94.9 cm³/mol. The molecule has 1 heterocycles. The maximum absolute atomic E-state index is 12.3. The molecule has 6 nitrogen and oxygen atoms in total. The van der Waals surface area contributed by atoms with Crippen LogP contribution < -0.4 is 4.74 Å². The van der Waals surface area contributed by atoms with E-state index >= 15 is 0 Å². The third-order valence-corrected chi connectivity index (χ3v) is 4.65. The third-order valence-electron chi connectivity index (χ3n) is 3.24. The Bertz CT molecular complexity index is 851. The number of Topliss-reactive ketones (excluding diaryl/α,β-unsaturated/α-hetero) is 1. The molecule has 122 valence electrons. The zero-order valence-corrected chi connectivity index (χ0v) is 15.1. The molecule has 0 saturated carbocycles. The second kappa shape index (κ2) is 7.59. The molecule has 0 aliphatic carbocycles. The second-order valence-corrected chi connectivity index (χ2v) is 6.65. The van der Waals surface area contributed by atoms with E-state index in [9.17, 15) is 4.79 Å². The average molecular weight is 405 g/mol. The van der Waals surface area contributed by atoms with Gasteiger partial charge < -0.3 is 4.74 Å². The highest BCUT2D eigenvalue weighted by molar-refractivity contribution is 9.10. The minimum atomic E-state index is 0.0191. The lowest BCUT2D eigenvalue weighted by atomic mass is 10.2. The third kappa shape index (κ3) is 3.82. The summed E-state index contributed by atoms with van der Waals surface area (Å²) in [6, 6.07) is 14.7. The molecule has 24 heavy (non-hydrogen) atoms. The van der Waals surface area contributed by atoms with Crippen molar-refractivity contribution in [3.8, 4) is 11.4 Å².